The fourth-order valence-electron chi connectivity index (χ4n) is 2.41. The van der Waals surface area contributed by atoms with E-state index in [-0.39, 0.29) is 0 Å². The molecule has 1 aliphatic rings. The van der Waals surface area contributed by atoms with Crippen LogP contribution in [0, 0.1) is 17.6 Å². The minimum absolute atomic E-state index is 0.455. The Bertz CT molecular complexity index is 401. The van der Waals surface area contributed by atoms with Crippen molar-refractivity contribution < 1.29 is 8.78 Å². The lowest BCUT2D eigenvalue weighted by Crippen LogP contribution is -2.37. The highest BCUT2D eigenvalue weighted by atomic mass is 19.1. The molecule has 4 heteroatoms. The van der Waals surface area contributed by atoms with Crippen LogP contribution < -0.4 is 5.32 Å². The Hall–Kier alpha value is -1.00. The summed E-state index contributed by atoms with van der Waals surface area (Å²) in [5, 5.41) is 3.22. The molecule has 1 aromatic rings. The van der Waals surface area contributed by atoms with E-state index in [0.29, 0.717) is 12.1 Å². The van der Waals surface area contributed by atoms with Crippen LogP contribution in [-0.4, -0.2) is 31.1 Å². The standard InChI is InChI=1S/C15H22F2N2/c1-12-4-7-19(8-5-12)9-6-18-11-13-2-3-14(16)10-15(13)17/h2-3,10,12,18H,4-9,11H2,1H3. The first kappa shape index (κ1) is 14.4. The van der Waals surface area contributed by atoms with Crippen LogP contribution >= 0.6 is 0 Å². The monoisotopic (exact) mass is 268 g/mol. The van der Waals surface area contributed by atoms with E-state index >= 15 is 0 Å². The van der Waals surface area contributed by atoms with E-state index in [4.69, 9.17) is 0 Å². The number of nitrogens with one attached hydrogen (secondary N) is 1. The second kappa shape index (κ2) is 6.96. The predicted molar refractivity (Wildman–Crippen MR) is 72.9 cm³/mol. The Morgan fingerprint density at radius 3 is 2.68 bits per heavy atom. The number of likely N-dealkylation sites (tertiary alicyclic amines) is 1. The minimum Gasteiger partial charge on any atom is -0.311 e. The first-order chi connectivity index (χ1) is 9.15. The SMILES string of the molecule is CC1CCN(CCNCc2ccc(F)cc2F)CC1. The number of rotatable bonds is 5. The van der Waals surface area contributed by atoms with E-state index in [1.807, 2.05) is 0 Å². The normalized spacial score (nSPS) is 17.8. The summed E-state index contributed by atoms with van der Waals surface area (Å²) in [5.74, 6) is -0.152. The molecule has 1 aromatic carbocycles. The molecule has 0 amide bonds. The maximum Gasteiger partial charge on any atom is 0.130 e. The van der Waals surface area contributed by atoms with Crippen molar-refractivity contribution in [3.8, 4) is 0 Å². The molecule has 1 aliphatic heterocycles. The topological polar surface area (TPSA) is 15.3 Å². The van der Waals surface area contributed by atoms with Gasteiger partial charge in [0.15, 0.2) is 0 Å². The molecular weight excluding hydrogens is 246 g/mol. The van der Waals surface area contributed by atoms with Gasteiger partial charge in [0.2, 0.25) is 0 Å². The summed E-state index contributed by atoms with van der Waals surface area (Å²) >= 11 is 0. The molecular formula is C15H22F2N2. The van der Waals surface area contributed by atoms with Crippen LogP contribution in [0.3, 0.4) is 0 Å². The summed E-state index contributed by atoms with van der Waals surface area (Å²) in [6.45, 7) is 6.91. The van der Waals surface area contributed by atoms with E-state index < -0.39 is 11.6 Å². The van der Waals surface area contributed by atoms with E-state index in [9.17, 15) is 8.78 Å². The average molecular weight is 268 g/mol. The lowest BCUT2D eigenvalue weighted by atomic mass is 9.99. The average Bonchev–Trinajstić information content (AvgIpc) is 2.39. The second-order valence-electron chi connectivity index (χ2n) is 5.44. The summed E-state index contributed by atoms with van der Waals surface area (Å²) in [7, 11) is 0. The fourth-order valence-corrected chi connectivity index (χ4v) is 2.41. The van der Waals surface area contributed by atoms with Crippen molar-refractivity contribution in [2.45, 2.75) is 26.3 Å². The Morgan fingerprint density at radius 2 is 2.00 bits per heavy atom. The summed E-state index contributed by atoms with van der Waals surface area (Å²) in [4.78, 5) is 2.44. The van der Waals surface area contributed by atoms with Gasteiger partial charge in [-0.3, -0.25) is 0 Å². The fraction of sp³-hybridized carbons (Fsp3) is 0.600. The third kappa shape index (κ3) is 4.55. The first-order valence-electron chi connectivity index (χ1n) is 7.02. The number of piperidine rings is 1. The number of hydrogen-bond donors (Lipinski definition) is 1. The zero-order valence-corrected chi connectivity index (χ0v) is 11.5. The molecule has 106 valence electrons. The largest absolute Gasteiger partial charge is 0.311 e. The molecule has 0 aromatic heterocycles. The lowest BCUT2D eigenvalue weighted by Gasteiger charge is -2.30. The molecule has 0 unspecified atom stereocenters. The zero-order valence-electron chi connectivity index (χ0n) is 11.5. The third-order valence-corrected chi connectivity index (χ3v) is 3.81. The highest BCUT2D eigenvalue weighted by molar-refractivity contribution is 5.18. The van der Waals surface area contributed by atoms with Crippen LogP contribution in [-0.2, 0) is 6.54 Å². The van der Waals surface area contributed by atoms with Crippen LogP contribution in [0.2, 0.25) is 0 Å². The van der Waals surface area contributed by atoms with Crippen molar-refractivity contribution in [1.29, 1.82) is 0 Å². The molecule has 19 heavy (non-hydrogen) atoms. The van der Waals surface area contributed by atoms with Crippen molar-refractivity contribution in [3.05, 3.63) is 35.4 Å². The number of nitrogens with zero attached hydrogens (tertiary/aromatic N) is 1. The molecule has 0 bridgehead atoms. The number of halogens is 2. The smallest absolute Gasteiger partial charge is 0.130 e. The molecule has 1 N–H and O–H groups in total. The zero-order chi connectivity index (χ0) is 13.7. The Kier molecular flexibility index (Phi) is 5.28. The lowest BCUT2D eigenvalue weighted by molar-refractivity contribution is 0.193. The predicted octanol–water partition coefficient (Wildman–Crippen LogP) is 2.79. The van der Waals surface area contributed by atoms with Crippen LogP contribution in [0.1, 0.15) is 25.3 Å². The van der Waals surface area contributed by atoms with Crippen LogP contribution in [0.15, 0.2) is 18.2 Å². The minimum atomic E-state index is -0.524. The Balaban J connectivity index is 1.66. The Labute approximate surface area is 113 Å². The van der Waals surface area contributed by atoms with Gasteiger partial charge >= 0.3 is 0 Å². The van der Waals surface area contributed by atoms with Gasteiger partial charge in [0.05, 0.1) is 0 Å². The van der Waals surface area contributed by atoms with E-state index in [1.54, 1.807) is 0 Å². The molecule has 2 nitrogen and oxygen atoms in total. The molecule has 1 saturated heterocycles. The van der Waals surface area contributed by atoms with Crippen LogP contribution in [0.5, 0.6) is 0 Å². The van der Waals surface area contributed by atoms with Gasteiger partial charge < -0.3 is 10.2 Å². The molecule has 0 radical (unpaired) electrons. The van der Waals surface area contributed by atoms with Gasteiger partial charge in [-0.1, -0.05) is 13.0 Å². The molecule has 1 heterocycles. The highest BCUT2D eigenvalue weighted by Gasteiger charge is 2.14. The molecule has 0 aliphatic carbocycles. The summed E-state index contributed by atoms with van der Waals surface area (Å²) < 4.78 is 26.1. The van der Waals surface area contributed by atoms with Gasteiger partial charge in [-0.15, -0.1) is 0 Å². The van der Waals surface area contributed by atoms with E-state index in [1.165, 1.54) is 25.0 Å². The summed E-state index contributed by atoms with van der Waals surface area (Å²) in [5.41, 5.74) is 0.522. The Morgan fingerprint density at radius 1 is 1.26 bits per heavy atom. The third-order valence-electron chi connectivity index (χ3n) is 3.81. The van der Waals surface area contributed by atoms with Gasteiger partial charge in [-0.05, 0) is 37.9 Å². The van der Waals surface area contributed by atoms with Crippen molar-refractivity contribution >= 4 is 0 Å². The van der Waals surface area contributed by atoms with Crippen molar-refractivity contribution in [2.24, 2.45) is 5.92 Å². The van der Waals surface area contributed by atoms with Crippen molar-refractivity contribution in [3.63, 3.8) is 0 Å². The van der Waals surface area contributed by atoms with Crippen LogP contribution in [0.25, 0.3) is 0 Å². The summed E-state index contributed by atoms with van der Waals surface area (Å²) in [6.07, 6.45) is 2.54. The van der Waals surface area contributed by atoms with E-state index in [2.05, 4.69) is 17.1 Å². The molecule has 0 spiro atoms. The maximum atomic E-state index is 13.4. The number of hydrogen-bond acceptors (Lipinski definition) is 2. The molecule has 2 rings (SSSR count). The van der Waals surface area contributed by atoms with Gasteiger partial charge in [-0.2, -0.15) is 0 Å². The second-order valence-corrected chi connectivity index (χ2v) is 5.44. The van der Waals surface area contributed by atoms with Gasteiger partial charge in [0.1, 0.15) is 11.6 Å². The van der Waals surface area contributed by atoms with Crippen LogP contribution in [0.4, 0.5) is 8.78 Å². The quantitative estimate of drug-likeness (QED) is 0.826. The molecule has 0 atom stereocenters. The van der Waals surface area contributed by atoms with Crippen molar-refractivity contribution in [1.82, 2.24) is 10.2 Å². The molecule has 0 saturated carbocycles. The summed E-state index contributed by atoms with van der Waals surface area (Å²) in [6, 6.07) is 3.73. The van der Waals surface area contributed by atoms with Gasteiger partial charge in [-0.25, -0.2) is 8.78 Å². The van der Waals surface area contributed by atoms with Crippen molar-refractivity contribution in [2.75, 3.05) is 26.2 Å². The van der Waals surface area contributed by atoms with E-state index in [0.717, 1.165) is 38.2 Å². The highest BCUT2D eigenvalue weighted by Crippen LogP contribution is 2.15. The maximum absolute atomic E-state index is 13.4. The first-order valence-corrected chi connectivity index (χ1v) is 7.02. The van der Waals surface area contributed by atoms with Gasteiger partial charge in [0.25, 0.3) is 0 Å². The number of benzene rings is 1. The molecule has 1 fully saturated rings. The van der Waals surface area contributed by atoms with Gasteiger partial charge in [0, 0.05) is 31.3 Å².